The van der Waals surface area contributed by atoms with Gasteiger partial charge in [-0.2, -0.15) is 13.2 Å². The molecule has 0 spiro atoms. The Balaban J connectivity index is 1.50. The SMILES string of the molecule is Cc1c(C)c(=O)c(=C2C=CC(C3CCN(CC(F)(F)F)CC3)=CC2)c2oc3c(nc1=2)CC=CC=3. The first-order valence-electron chi connectivity index (χ1n) is 11.7. The van der Waals surface area contributed by atoms with Gasteiger partial charge in [0.2, 0.25) is 0 Å². The zero-order valence-electron chi connectivity index (χ0n) is 19.3. The van der Waals surface area contributed by atoms with E-state index in [9.17, 15) is 18.0 Å². The maximum absolute atomic E-state index is 13.3. The van der Waals surface area contributed by atoms with Gasteiger partial charge >= 0.3 is 6.18 Å². The molecule has 2 heterocycles. The number of aromatic nitrogens is 1. The molecule has 0 aromatic rings. The van der Waals surface area contributed by atoms with Crippen LogP contribution in [0.3, 0.4) is 0 Å². The van der Waals surface area contributed by atoms with Crippen LogP contribution in [-0.2, 0) is 6.42 Å². The van der Waals surface area contributed by atoms with Gasteiger partial charge in [-0.15, -0.1) is 0 Å². The monoisotopic (exact) mass is 468 g/mol. The van der Waals surface area contributed by atoms with Gasteiger partial charge in [0.1, 0.15) is 10.8 Å². The van der Waals surface area contributed by atoms with Gasteiger partial charge in [-0.1, -0.05) is 30.4 Å². The summed E-state index contributed by atoms with van der Waals surface area (Å²) >= 11 is 0. The summed E-state index contributed by atoms with van der Waals surface area (Å²) in [5, 5.41) is 1.28. The zero-order chi connectivity index (χ0) is 24.0. The molecule has 1 saturated heterocycles. The fourth-order valence-electron chi connectivity index (χ4n) is 5.15. The highest BCUT2D eigenvalue weighted by atomic mass is 19.4. The molecule has 5 aliphatic rings. The van der Waals surface area contributed by atoms with Crippen molar-refractivity contribution >= 4 is 11.6 Å². The van der Waals surface area contributed by atoms with Gasteiger partial charge < -0.3 is 4.42 Å². The molecule has 3 aliphatic carbocycles. The Morgan fingerprint density at radius 1 is 1.12 bits per heavy atom. The lowest BCUT2D eigenvalue weighted by molar-refractivity contribution is -0.148. The number of allylic oxidation sites excluding steroid dienone is 6. The number of fused-ring (bicyclic) bond motifs is 1. The average molecular weight is 469 g/mol. The molecule has 34 heavy (non-hydrogen) atoms. The van der Waals surface area contributed by atoms with E-state index < -0.39 is 12.7 Å². The van der Waals surface area contributed by atoms with Crippen molar-refractivity contribution in [3.05, 3.63) is 84.4 Å². The van der Waals surface area contributed by atoms with Crippen molar-refractivity contribution in [2.45, 2.75) is 45.7 Å². The third-order valence-corrected chi connectivity index (χ3v) is 7.18. The van der Waals surface area contributed by atoms with Gasteiger partial charge in [0.05, 0.1) is 17.5 Å². The second kappa shape index (κ2) is 8.69. The molecule has 0 unspecified atom stereocenters. The topological polar surface area (TPSA) is 46.3 Å². The molecule has 0 aromatic heterocycles. The summed E-state index contributed by atoms with van der Waals surface area (Å²) < 4.78 is 44.3. The van der Waals surface area contributed by atoms with Crippen LogP contribution in [0.15, 0.2) is 45.2 Å². The Morgan fingerprint density at radius 3 is 2.56 bits per heavy atom. The van der Waals surface area contributed by atoms with E-state index in [1.807, 2.05) is 44.2 Å². The summed E-state index contributed by atoms with van der Waals surface area (Å²) in [6.45, 7) is 3.78. The number of rotatable bonds is 2. The summed E-state index contributed by atoms with van der Waals surface area (Å²) in [5.74, 6) is 0.241. The maximum Gasteiger partial charge on any atom is 0.401 e. The van der Waals surface area contributed by atoms with Crippen LogP contribution >= 0.6 is 0 Å². The van der Waals surface area contributed by atoms with Crippen molar-refractivity contribution < 1.29 is 17.6 Å². The normalized spacial score (nSPS) is 20.9. The van der Waals surface area contributed by atoms with Crippen LogP contribution in [0.4, 0.5) is 13.2 Å². The smallest absolute Gasteiger partial charge is 0.401 e. The second-order valence-electron chi connectivity index (χ2n) is 9.39. The van der Waals surface area contributed by atoms with E-state index in [2.05, 4.69) is 6.08 Å². The van der Waals surface area contributed by atoms with E-state index in [1.165, 1.54) is 4.90 Å². The number of halogens is 3. The Hall–Kier alpha value is -2.93. The lowest BCUT2D eigenvalue weighted by Gasteiger charge is -2.33. The van der Waals surface area contributed by atoms with E-state index >= 15 is 0 Å². The number of piperidine rings is 1. The van der Waals surface area contributed by atoms with Crippen LogP contribution in [0.25, 0.3) is 11.6 Å². The van der Waals surface area contributed by atoms with E-state index in [1.54, 1.807) is 0 Å². The Labute approximate surface area is 195 Å². The van der Waals surface area contributed by atoms with Crippen molar-refractivity contribution in [3.8, 4) is 0 Å². The third kappa shape index (κ3) is 4.29. The van der Waals surface area contributed by atoms with Crippen molar-refractivity contribution in [1.29, 1.82) is 0 Å². The minimum atomic E-state index is -4.15. The molecule has 4 nitrogen and oxygen atoms in total. The van der Waals surface area contributed by atoms with Gasteiger partial charge in [-0.25, -0.2) is 4.98 Å². The molecule has 5 rings (SSSR count). The molecule has 7 heteroatoms. The van der Waals surface area contributed by atoms with Gasteiger partial charge in [0.25, 0.3) is 0 Å². The molecule has 0 radical (unpaired) electrons. The highest BCUT2D eigenvalue weighted by Gasteiger charge is 2.33. The third-order valence-electron chi connectivity index (χ3n) is 7.18. The number of alkyl halides is 3. The molecule has 178 valence electrons. The first-order chi connectivity index (χ1) is 16.2. The minimum Gasteiger partial charge on any atom is -0.452 e. The minimum absolute atomic E-state index is 0.0428. The molecule has 0 bridgehead atoms. The van der Waals surface area contributed by atoms with Crippen LogP contribution < -0.4 is 16.1 Å². The molecular weight excluding hydrogens is 441 g/mol. The highest BCUT2D eigenvalue weighted by molar-refractivity contribution is 5.63. The van der Waals surface area contributed by atoms with E-state index in [4.69, 9.17) is 9.40 Å². The predicted octanol–water partition coefficient (Wildman–Crippen LogP) is 3.58. The molecule has 0 amide bonds. The van der Waals surface area contributed by atoms with Crippen molar-refractivity contribution in [2.75, 3.05) is 19.6 Å². The van der Waals surface area contributed by atoms with E-state index in [0.29, 0.717) is 60.4 Å². The number of hydrogen-bond acceptors (Lipinski definition) is 4. The van der Waals surface area contributed by atoms with Crippen LogP contribution in [0.2, 0.25) is 0 Å². The van der Waals surface area contributed by atoms with E-state index in [0.717, 1.165) is 27.8 Å². The molecule has 0 atom stereocenters. The second-order valence-corrected chi connectivity index (χ2v) is 9.39. The first kappa shape index (κ1) is 22.8. The Kier molecular flexibility index (Phi) is 5.84. The summed E-state index contributed by atoms with van der Waals surface area (Å²) in [6.07, 6.45) is 10.5. The molecule has 0 saturated carbocycles. The van der Waals surface area contributed by atoms with Gasteiger partial charge in [0, 0.05) is 12.0 Å². The molecular formula is C27H27F3N2O2. The standard InChI is InChI=1S/C27H27F3N2O2/c1-16-17(2)25(33)23(26-24(16)31-21-5-3-4-6-22(21)34-26)20-9-7-18(8-10-20)19-11-13-32(14-12-19)15-27(28,29)30/h3-4,6-9,19H,5,10-15H2,1-2H3. The fourth-order valence-corrected chi connectivity index (χ4v) is 5.15. The average Bonchev–Trinajstić information content (AvgIpc) is 2.82. The van der Waals surface area contributed by atoms with Crippen molar-refractivity contribution in [2.24, 2.45) is 5.92 Å². The summed E-state index contributed by atoms with van der Waals surface area (Å²) in [7, 11) is 0. The van der Waals surface area contributed by atoms with Crippen LogP contribution in [-0.4, -0.2) is 35.7 Å². The van der Waals surface area contributed by atoms with Crippen LogP contribution in [0, 0.1) is 30.5 Å². The summed E-state index contributed by atoms with van der Waals surface area (Å²) in [6, 6.07) is 0. The number of likely N-dealkylation sites (tertiary alicyclic amines) is 1. The first-order valence-corrected chi connectivity index (χ1v) is 11.7. The predicted molar refractivity (Wildman–Crippen MR) is 125 cm³/mol. The quantitative estimate of drug-likeness (QED) is 0.676. The van der Waals surface area contributed by atoms with Gasteiger partial charge in [0.15, 0.2) is 10.8 Å². The molecule has 1 fully saturated rings. The van der Waals surface area contributed by atoms with Crippen LogP contribution in [0.5, 0.6) is 0 Å². The van der Waals surface area contributed by atoms with Crippen molar-refractivity contribution in [1.82, 2.24) is 9.88 Å². The summed E-state index contributed by atoms with van der Waals surface area (Å²) in [4.78, 5) is 19.6. The largest absolute Gasteiger partial charge is 0.452 e. The van der Waals surface area contributed by atoms with Crippen LogP contribution in [0.1, 0.15) is 36.1 Å². The van der Waals surface area contributed by atoms with Gasteiger partial charge in [-0.05, 0) is 74.9 Å². The lowest BCUT2D eigenvalue weighted by atomic mass is 9.85. The molecule has 0 N–H and O–H groups in total. The van der Waals surface area contributed by atoms with Crippen molar-refractivity contribution in [3.63, 3.8) is 0 Å². The Morgan fingerprint density at radius 2 is 1.88 bits per heavy atom. The molecule has 0 aromatic carbocycles. The summed E-state index contributed by atoms with van der Waals surface area (Å²) in [5.41, 5.74) is 5.57. The fraction of sp³-hybridized carbons (Fsp3) is 0.407. The zero-order valence-corrected chi connectivity index (χ0v) is 19.3. The maximum atomic E-state index is 13.3. The Bertz CT molecular complexity index is 1470. The molecule has 2 aliphatic heterocycles. The highest BCUT2D eigenvalue weighted by Crippen LogP contribution is 2.30. The van der Waals surface area contributed by atoms with Gasteiger partial charge in [-0.3, -0.25) is 9.69 Å². The number of hydrogen-bond donors (Lipinski definition) is 0. The van der Waals surface area contributed by atoms with E-state index in [-0.39, 0.29) is 11.3 Å². The lowest BCUT2D eigenvalue weighted by Crippen LogP contribution is -2.40. The number of nitrogens with zero attached hydrogens (tertiary/aromatic N) is 2.